The van der Waals surface area contributed by atoms with E-state index in [2.05, 4.69) is 5.32 Å². The zero-order valence-electron chi connectivity index (χ0n) is 11.7. The van der Waals surface area contributed by atoms with Crippen LogP contribution in [0.5, 0.6) is 0 Å². The molecule has 22 heavy (non-hydrogen) atoms. The Labute approximate surface area is 138 Å². The molecule has 1 saturated carbocycles. The lowest BCUT2D eigenvalue weighted by Crippen LogP contribution is -2.61. The number of hydrogen-bond donors (Lipinski definition) is 2. The number of carbonyl (C=O) groups is 2. The van der Waals surface area contributed by atoms with E-state index < -0.39 is 5.97 Å². The van der Waals surface area contributed by atoms with Crippen molar-refractivity contribution in [2.45, 2.75) is 30.7 Å². The van der Waals surface area contributed by atoms with E-state index in [4.69, 9.17) is 28.9 Å². The molecule has 3 rings (SSSR count). The fraction of sp³-hybridized carbons (Fsp3) is 0.400. The van der Waals surface area contributed by atoms with Crippen molar-refractivity contribution in [3.8, 4) is 0 Å². The minimum absolute atomic E-state index is 0.0323. The summed E-state index contributed by atoms with van der Waals surface area (Å²) in [5.74, 6) is -1.29. The normalized spacial score (nSPS) is 28.0. The summed E-state index contributed by atoms with van der Waals surface area (Å²) in [5.41, 5.74) is 0.605. The highest BCUT2D eigenvalue weighted by Crippen LogP contribution is 2.34. The fourth-order valence-corrected chi connectivity index (χ4v) is 3.75. The Bertz CT molecular complexity index is 651. The number of carboxylic acid groups (broad SMARTS) is 1. The molecule has 2 fully saturated rings. The summed E-state index contributed by atoms with van der Waals surface area (Å²) in [4.78, 5) is 25.3. The second-order valence-electron chi connectivity index (χ2n) is 5.60. The van der Waals surface area contributed by atoms with Crippen LogP contribution in [0.3, 0.4) is 0 Å². The molecule has 116 valence electrons. The van der Waals surface area contributed by atoms with Gasteiger partial charge in [0.1, 0.15) is 0 Å². The van der Waals surface area contributed by atoms with Gasteiger partial charge in [-0.25, -0.2) is 4.79 Å². The van der Waals surface area contributed by atoms with Crippen molar-refractivity contribution in [3.05, 3.63) is 29.8 Å². The predicted octanol–water partition coefficient (Wildman–Crippen LogP) is 2.38. The molecule has 1 heterocycles. The van der Waals surface area contributed by atoms with Crippen LogP contribution in [0, 0.1) is 5.92 Å². The quantitative estimate of drug-likeness (QED) is 0.640. The lowest BCUT2D eigenvalue weighted by molar-refractivity contribution is -0.123. The molecule has 0 aromatic heterocycles. The average Bonchev–Trinajstić information content (AvgIpc) is 2.47. The molecule has 1 aliphatic carbocycles. The molecular weight excluding hydrogens is 324 g/mol. The van der Waals surface area contributed by atoms with Crippen molar-refractivity contribution in [1.29, 1.82) is 0 Å². The Kier molecular flexibility index (Phi) is 4.06. The zero-order valence-corrected chi connectivity index (χ0v) is 13.2. The molecule has 1 aromatic carbocycles. The zero-order chi connectivity index (χ0) is 15.9. The summed E-state index contributed by atoms with van der Waals surface area (Å²) in [6.07, 6.45) is 2.22. The van der Waals surface area contributed by atoms with E-state index in [1.807, 2.05) is 0 Å². The number of rotatable bonds is 2. The van der Waals surface area contributed by atoms with Gasteiger partial charge in [-0.15, -0.1) is 11.6 Å². The third-order valence-corrected chi connectivity index (χ3v) is 4.88. The number of carboxylic acids is 1. The first-order valence-corrected chi connectivity index (χ1v) is 7.93. The van der Waals surface area contributed by atoms with E-state index in [1.165, 1.54) is 17.0 Å². The van der Waals surface area contributed by atoms with Gasteiger partial charge in [0.2, 0.25) is 5.91 Å². The highest BCUT2D eigenvalue weighted by Gasteiger charge is 2.42. The van der Waals surface area contributed by atoms with E-state index in [0.29, 0.717) is 23.6 Å². The lowest BCUT2D eigenvalue weighted by atomic mass is 9.82. The van der Waals surface area contributed by atoms with Crippen LogP contribution in [0.2, 0.25) is 0 Å². The van der Waals surface area contributed by atoms with Crippen LogP contribution in [0.15, 0.2) is 24.3 Å². The van der Waals surface area contributed by atoms with Crippen LogP contribution < -0.4 is 10.2 Å². The second kappa shape index (κ2) is 5.85. The molecule has 2 N–H and O–H groups in total. The number of nitrogens with zero attached hydrogens (tertiary/aromatic N) is 1. The summed E-state index contributed by atoms with van der Waals surface area (Å²) >= 11 is 11.5. The standard InChI is InChI=1S/C15H15ClN2O3S/c16-9-4-5-11-12(7-9)17-15(22)18(13(11)19)10-3-1-2-8(6-10)14(20)21/h1-3,6,9,11-12H,4-5,7H2,(H,17,22)(H,20,21). The van der Waals surface area contributed by atoms with E-state index in [1.54, 1.807) is 12.1 Å². The summed E-state index contributed by atoms with van der Waals surface area (Å²) in [6, 6.07) is 6.21. The fourth-order valence-electron chi connectivity index (χ4n) is 3.09. The molecule has 5 nitrogen and oxygen atoms in total. The molecule has 3 unspecified atom stereocenters. The molecule has 1 aliphatic heterocycles. The number of carbonyl (C=O) groups excluding carboxylic acids is 1. The Hall–Kier alpha value is -1.66. The Morgan fingerprint density at radius 2 is 2.18 bits per heavy atom. The van der Waals surface area contributed by atoms with Gasteiger partial charge >= 0.3 is 5.97 Å². The van der Waals surface area contributed by atoms with Crippen LogP contribution in [0.1, 0.15) is 29.6 Å². The van der Waals surface area contributed by atoms with Crippen LogP contribution in [-0.2, 0) is 4.79 Å². The molecule has 1 saturated heterocycles. The SMILES string of the molecule is O=C(O)c1cccc(N2C(=O)C3CCC(Cl)CC3NC2=S)c1. The number of amides is 1. The molecule has 0 bridgehead atoms. The third-order valence-electron chi connectivity index (χ3n) is 4.19. The van der Waals surface area contributed by atoms with Crippen LogP contribution in [0.4, 0.5) is 5.69 Å². The van der Waals surface area contributed by atoms with Gasteiger partial charge in [-0.3, -0.25) is 9.69 Å². The maximum absolute atomic E-state index is 12.8. The Balaban J connectivity index is 1.91. The first kappa shape index (κ1) is 15.2. The van der Waals surface area contributed by atoms with E-state index in [9.17, 15) is 9.59 Å². The summed E-state index contributed by atoms with van der Waals surface area (Å²) in [5, 5.41) is 12.6. The predicted molar refractivity (Wildman–Crippen MR) is 87.4 cm³/mol. The van der Waals surface area contributed by atoms with Crippen molar-refractivity contribution in [2.75, 3.05) is 4.90 Å². The maximum Gasteiger partial charge on any atom is 0.335 e. The lowest BCUT2D eigenvalue weighted by Gasteiger charge is -2.42. The minimum atomic E-state index is -1.04. The first-order chi connectivity index (χ1) is 10.5. The molecular formula is C15H15ClN2O3S. The monoisotopic (exact) mass is 338 g/mol. The topological polar surface area (TPSA) is 69.6 Å². The van der Waals surface area contributed by atoms with Crippen molar-refractivity contribution in [3.63, 3.8) is 0 Å². The van der Waals surface area contributed by atoms with Gasteiger partial charge in [0, 0.05) is 11.4 Å². The number of hydrogen-bond acceptors (Lipinski definition) is 3. The molecule has 3 atom stereocenters. The first-order valence-electron chi connectivity index (χ1n) is 7.09. The number of thiocarbonyl (C=S) groups is 1. The number of aromatic carboxylic acids is 1. The summed E-state index contributed by atoms with van der Waals surface area (Å²) in [6.45, 7) is 0. The summed E-state index contributed by atoms with van der Waals surface area (Å²) in [7, 11) is 0. The number of halogens is 1. The van der Waals surface area contributed by atoms with Crippen molar-refractivity contribution in [2.24, 2.45) is 5.92 Å². The number of anilines is 1. The van der Waals surface area contributed by atoms with E-state index >= 15 is 0 Å². The van der Waals surface area contributed by atoms with Gasteiger partial charge in [-0.2, -0.15) is 0 Å². The van der Waals surface area contributed by atoms with Gasteiger partial charge in [0.05, 0.1) is 17.2 Å². The number of benzene rings is 1. The maximum atomic E-state index is 12.8. The van der Waals surface area contributed by atoms with Gasteiger partial charge < -0.3 is 10.4 Å². The molecule has 2 aliphatic rings. The molecule has 7 heteroatoms. The number of nitrogens with one attached hydrogen (secondary N) is 1. The van der Waals surface area contributed by atoms with Crippen LogP contribution >= 0.6 is 23.8 Å². The van der Waals surface area contributed by atoms with Gasteiger partial charge in [-0.05, 0) is 49.7 Å². The number of alkyl halides is 1. The second-order valence-corrected chi connectivity index (χ2v) is 6.61. The smallest absolute Gasteiger partial charge is 0.335 e. The van der Waals surface area contributed by atoms with E-state index in [0.717, 1.165) is 6.42 Å². The molecule has 0 radical (unpaired) electrons. The Morgan fingerprint density at radius 1 is 1.41 bits per heavy atom. The minimum Gasteiger partial charge on any atom is -0.478 e. The van der Waals surface area contributed by atoms with E-state index in [-0.39, 0.29) is 28.8 Å². The van der Waals surface area contributed by atoms with Gasteiger partial charge in [0.25, 0.3) is 0 Å². The molecule has 0 spiro atoms. The highest BCUT2D eigenvalue weighted by atomic mass is 35.5. The Morgan fingerprint density at radius 3 is 2.91 bits per heavy atom. The largest absolute Gasteiger partial charge is 0.478 e. The van der Waals surface area contributed by atoms with Gasteiger partial charge in [0.15, 0.2) is 5.11 Å². The van der Waals surface area contributed by atoms with Gasteiger partial charge in [-0.1, -0.05) is 6.07 Å². The molecule has 1 amide bonds. The number of fused-ring (bicyclic) bond motifs is 1. The van der Waals surface area contributed by atoms with Crippen LogP contribution in [-0.4, -0.2) is 33.5 Å². The molecule has 1 aromatic rings. The van der Waals surface area contributed by atoms with Crippen LogP contribution in [0.25, 0.3) is 0 Å². The van der Waals surface area contributed by atoms with Crippen molar-refractivity contribution >= 4 is 46.5 Å². The van der Waals surface area contributed by atoms with Crippen molar-refractivity contribution < 1.29 is 14.7 Å². The third kappa shape index (κ3) is 2.68. The van der Waals surface area contributed by atoms with Crippen molar-refractivity contribution in [1.82, 2.24) is 5.32 Å². The average molecular weight is 339 g/mol. The highest BCUT2D eigenvalue weighted by molar-refractivity contribution is 7.80. The summed E-state index contributed by atoms with van der Waals surface area (Å²) < 4.78 is 0.